The molecule has 1 fully saturated rings. The molecule has 5 heteroatoms. The number of hydrogen-bond donors (Lipinski definition) is 2. The zero-order valence-corrected chi connectivity index (χ0v) is 10.8. The van der Waals surface area contributed by atoms with E-state index in [1.54, 1.807) is 0 Å². The van der Waals surface area contributed by atoms with Crippen LogP contribution in [0.5, 0.6) is 0 Å². The Labute approximate surface area is 100 Å². The number of aromatic nitrogens is 2. The van der Waals surface area contributed by atoms with Gasteiger partial charge in [-0.2, -0.15) is 4.37 Å². The number of rotatable bonds is 2. The van der Waals surface area contributed by atoms with Gasteiger partial charge in [-0.25, -0.2) is 4.98 Å². The normalized spacial score (nSPS) is 26.0. The van der Waals surface area contributed by atoms with Crippen molar-refractivity contribution in [2.45, 2.75) is 57.6 Å². The quantitative estimate of drug-likeness (QED) is 0.833. The summed E-state index contributed by atoms with van der Waals surface area (Å²) in [4.78, 5) is 4.46. The summed E-state index contributed by atoms with van der Waals surface area (Å²) in [7, 11) is 0. The van der Waals surface area contributed by atoms with Crippen LogP contribution in [0, 0.1) is 0 Å². The van der Waals surface area contributed by atoms with Crippen LogP contribution in [0.15, 0.2) is 0 Å². The Morgan fingerprint density at radius 1 is 1.38 bits per heavy atom. The average Bonchev–Trinajstić information content (AvgIpc) is 2.76. The van der Waals surface area contributed by atoms with Gasteiger partial charge in [-0.3, -0.25) is 0 Å². The van der Waals surface area contributed by atoms with Crippen LogP contribution in [-0.4, -0.2) is 26.6 Å². The van der Waals surface area contributed by atoms with Crippen LogP contribution < -0.4 is 5.32 Å². The third kappa shape index (κ3) is 2.52. The zero-order valence-electron chi connectivity index (χ0n) is 10.0. The van der Waals surface area contributed by atoms with Crippen LogP contribution in [0.2, 0.25) is 0 Å². The highest BCUT2D eigenvalue weighted by molar-refractivity contribution is 7.09. The molecule has 0 spiro atoms. The summed E-state index contributed by atoms with van der Waals surface area (Å²) < 4.78 is 4.34. The van der Waals surface area contributed by atoms with Gasteiger partial charge in [0.15, 0.2) is 0 Å². The summed E-state index contributed by atoms with van der Waals surface area (Å²) in [6.07, 6.45) is 2.76. The van der Waals surface area contributed by atoms with Gasteiger partial charge in [0.05, 0.1) is 12.1 Å². The van der Waals surface area contributed by atoms with E-state index in [1.165, 1.54) is 11.5 Å². The lowest BCUT2D eigenvalue weighted by Crippen LogP contribution is -2.27. The molecule has 1 aromatic rings. The molecule has 1 heterocycles. The first-order chi connectivity index (χ1) is 7.47. The van der Waals surface area contributed by atoms with E-state index in [-0.39, 0.29) is 17.6 Å². The maximum Gasteiger partial charge on any atom is 0.202 e. The fraction of sp³-hybridized carbons (Fsp3) is 0.818. The van der Waals surface area contributed by atoms with Gasteiger partial charge in [-0.1, -0.05) is 20.8 Å². The van der Waals surface area contributed by atoms with Gasteiger partial charge < -0.3 is 10.4 Å². The second-order valence-corrected chi connectivity index (χ2v) is 6.17. The van der Waals surface area contributed by atoms with E-state index in [1.807, 2.05) is 0 Å². The maximum atomic E-state index is 9.71. The van der Waals surface area contributed by atoms with Crippen molar-refractivity contribution in [3.05, 3.63) is 5.82 Å². The summed E-state index contributed by atoms with van der Waals surface area (Å²) in [5.41, 5.74) is -0.00920. The lowest BCUT2D eigenvalue weighted by atomic mass is 9.96. The van der Waals surface area contributed by atoms with Crippen molar-refractivity contribution in [2.75, 3.05) is 5.32 Å². The Bertz CT molecular complexity index is 358. The largest absolute Gasteiger partial charge is 0.391 e. The molecule has 1 aliphatic rings. The highest BCUT2D eigenvalue weighted by Gasteiger charge is 2.27. The summed E-state index contributed by atoms with van der Waals surface area (Å²) in [5, 5.41) is 13.8. The molecule has 0 saturated heterocycles. The predicted octanol–water partition coefficient (Wildman–Crippen LogP) is 2.16. The molecule has 2 atom stereocenters. The van der Waals surface area contributed by atoms with Crippen LogP contribution in [0.4, 0.5) is 5.13 Å². The van der Waals surface area contributed by atoms with E-state index in [0.717, 1.165) is 30.2 Å². The van der Waals surface area contributed by atoms with Gasteiger partial charge in [0.2, 0.25) is 5.13 Å². The van der Waals surface area contributed by atoms with Crippen molar-refractivity contribution in [3.63, 3.8) is 0 Å². The molecule has 4 nitrogen and oxygen atoms in total. The van der Waals surface area contributed by atoms with Gasteiger partial charge >= 0.3 is 0 Å². The third-order valence-corrected chi connectivity index (χ3v) is 3.53. The van der Waals surface area contributed by atoms with Gasteiger partial charge in [0.1, 0.15) is 5.82 Å². The topological polar surface area (TPSA) is 58.0 Å². The molecule has 2 rings (SSSR count). The van der Waals surface area contributed by atoms with Crippen LogP contribution in [0.25, 0.3) is 0 Å². The average molecular weight is 241 g/mol. The van der Waals surface area contributed by atoms with Crippen molar-refractivity contribution in [1.82, 2.24) is 9.36 Å². The predicted molar refractivity (Wildman–Crippen MR) is 65.9 cm³/mol. The van der Waals surface area contributed by atoms with E-state index in [9.17, 15) is 5.11 Å². The molecule has 0 radical (unpaired) electrons. The van der Waals surface area contributed by atoms with Gasteiger partial charge in [-0.05, 0) is 19.3 Å². The van der Waals surface area contributed by atoms with Crippen LogP contribution in [0.1, 0.15) is 45.9 Å². The molecule has 1 saturated carbocycles. The van der Waals surface area contributed by atoms with E-state index < -0.39 is 0 Å². The Balaban J connectivity index is 2.03. The number of aliphatic hydroxyl groups is 1. The molecule has 2 unspecified atom stereocenters. The number of aliphatic hydroxyl groups excluding tert-OH is 1. The number of nitrogens with zero attached hydrogens (tertiary/aromatic N) is 2. The minimum Gasteiger partial charge on any atom is -0.391 e. The Morgan fingerprint density at radius 3 is 2.62 bits per heavy atom. The molecule has 0 amide bonds. The molecule has 0 aromatic carbocycles. The number of hydrogen-bond acceptors (Lipinski definition) is 5. The van der Waals surface area contributed by atoms with Crippen LogP contribution in [0.3, 0.4) is 0 Å². The molecule has 0 aliphatic heterocycles. The van der Waals surface area contributed by atoms with E-state index in [0.29, 0.717) is 0 Å². The smallest absolute Gasteiger partial charge is 0.202 e. The summed E-state index contributed by atoms with van der Waals surface area (Å²) in [6, 6.07) is 0.153. The zero-order chi connectivity index (χ0) is 11.8. The van der Waals surface area contributed by atoms with E-state index in [4.69, 9.17) is 0 Å². The van der Waals surface area contributed by atoms with Crippen LogP contribution >= 0.6 is 11.5 Å². The van der Waals surface area contributed by atoms with Gasteiger partial charge in [0.25, 0.3) is 0 Å². The SMILES string of the molecule is CC(C)(C)c1nsc(NC2CCCC2O)n1. The minimum absolute atomic E-state index is 0.00920. The first-order valence-corrected chi connectivity index (χ1v) is 6.53. The molecule has 1 aliphatic carbocycles. The molecule has 1 aromatic heterocycles. The summed E-state index contributed by atoms with van der Waals surface area (Å²) >= 11 is 1.38. The molecular weight excluding hydrogens is 222 g/mol. The Kier molecular flexibility index (Phi) is 3.17. The van der Waals surface area contributed by atoms with Crippen molar-refractivity contribution in [2.24, 2.45) is 0 Å². The highest BCUT2D eigenvalue weighted by atomic mass is 32.1. The monoisotopic (exact) mass is 241 g/mol. The summed E-state index contributed by atoms with van der Waals surface area (Å²) in [6.45, 7) is 6.30. The molecule has 16 heavy (non-hydrogen) atoms. The fourth-order valence-electron chi connectivity index (χ4n) is 1.85. The molecule has 2 N–H and O–H groups in total. The van der Waals surface area contributed by atoms with Crippen molar-refractivity contribution < 1.29 is 5.11 Å². The second-order valence-electron chi connectivity index (χ2n) is 5.42. The summed E-state index contributed by atoms with van der Waals surface area (Å²) in [5.74, 6) is 0.868. The Hall–Kier alpha value is -0.680. The lowest BCUT2D eigenvalue weighted by molar-refractivity contribution is 0.172. The standard InChI is InChI=1S/C11H19N3OS/c1-11(2,3)9-13-10(16-14-9)12-7-5-4-6-8(7)15/h7-8,15H,4-6H2,1-3H3,(H,12,13,14). The first kappa shape index (κ1) is 11.8. The number of anilines is 1. The van der Waals surface area contributed by atoms with Crippen molar-refractivity contribution >= 4 is 16.7 Å². The maximum absolute atomic E-state index is 9.71. The van der Waals surface area contributed by atoms with Gasteiger partial charge in [-0.15, -0.1) is 0 Å². The second kappa shape index (κ2) is 4.30. The molecule has 0 bridgehead atoms. The lowest BCUT2D eigenvalue weighted by Gasteiger charge is -2.15. The van der Waals surface area contributed by atoms with Gasteiger partial charge in [0, 0.05) is 16.9 Å². The fourth-order valence-corrected chi connectivity index (χ4v) is 2.67. The van der Waals surface area contributed by atoms with Crippen LogP contribution in [-0.2, 0) is 5.41 Å². The molecular formula is C11H19N3OS. The minimum atomic E-state index is -0.234. The van der Waals surface area contributed by atoms with Crippen molar-refractivity contribution in [1.29, 1.82) is 0 Å². The van der Waals surface area contributed by atoms with Crippen molar-refractivity contribution in [3.8, 4) is 0 Å². The van der Waals surface area contributed by atoms with E-state index >= 15 is 0 Å². The molecule has 90 valence electrons. The van der Waals surface area contributed by atoms with E-state index in [2.05, 4.69) is 35.4 Å². The number of nitrogens with one attached hydrogen (secondary N) is 1. The Morgan fingerprint density at radius 2 is 2.12 bits per heavy atom. The highest BCUT2D eigenvalue weighted by Crippen LogP contribution is 2.26. The first-order valence-electron chi connectivity index (χ1n) is 5.75. The third-order valence-electron chi connectivity index (χ3n) is 2.89.